The van der Waals surface area contributed by atoms with Crippen LogP contribution in [0.3, 0.4) is 0 Å². The summed E-state index contributed by atoms with van der Waals surface area (Å²) >= 11 is 0. The molecule has 0 heterocycles. The van der Waals surface area contributed by atoms with Crippen LogP contribution in [0.25, 0.3) is 0 Å². The van der Waals surface area contributed by atoms with Crippen molar-refractivity contribution in [3.8, 4) is 0 Å². The maximum atomic E-state index is 2.35. The van der Waals surface area contributed by atoms with Gasteiger partial charge in [0.25, 0.3) is 0 Å². The van der Waals surface area contributed by atoms with Gasteiger partial charge in [0.1, 0.15) is 0 Å². The minimum absolute atomic E-state index is 0. The Morgan fingerprint density at radius 3 is 1.57 bits per heavy atom. The zero-order valence-electron chi connectivity index (χ0n) is 10.2. The topological polar surface area (TPSA) is 0 Å². The standard InChI is InChI=1S/C13H28.Al.3H/c1-5-9-10-11-12-13(6-2,7-3)8-4;;;;/h5-12H2,1-4H3;;;;. The van der Waals surface area contributed by atoms with E-state index in [2.05, 4.69) is 27.7 Å². The van der Waals surface area contributed by atoms with Crippen LogP contribution in [0.15, 0.2) is 0 Å². The maximum Gasteiger partial charge on any atom is 0.187 e. The van der Waals surface area contributed by atoms with Crippen molar-refractivity contribution in [1.29, 1.82) is 0 Å². The second kappa shape index (κ2) is 10.1. The summed E-state index contributed by atoms with van der Waals surface area (Å²) in [6.45, 7) is 9.35. The Morgan fingerprint density at radius 1 is 0.714 bits per heavy atom. The predicted molar refractivity (Wildman–Crippen MR) is 72.0 cm³/mol. The summed E-state index contributed by atoms with van der Waals surface area (Å²) in [7, 11) is 0. The van der Waals surface area contributed by atoms with Gasteiger partial charge in [0.05, 0.1) is 0 Å². The molecule has 0 aliphatic rings. The zero-order chi connectivity index (χ0) is 10.2. The first kappa shape index (κ1) is 16.9. The molecule has 0 rings (SSSR count). The average Bonchev–Trinajstić information content (AvgIpc) is 2.20. The van der Waals surface area contributed by atoms with E-state index in [0.717, 1.165) is 0 Å². The number of unbranched alkanes of at least 4 members (excludes halogenated alkanes) is 3. The summed E-state index contributed by atoms with van der Waals surface area (Å²) in [6, 6.07) is 0. The first-order valence-corrected chi connectivity index (χ1v) is 6.24. The molecule has 0 unspecified atom stereocenters. The summed E-state index contributed by atoms with van der Waals surface area (Å²) in [5.41, 5.74) is 0.674. The highest BCUT2D eigenvalue weighted by Crippen LogP contribution is 2.36. The van der Waals surface area contributed by atoms with E-state index in [9.17, 15) is 0 Å². The third-order valence-electron chi connectivity index (χ3n) is 3.81. The van der Waals surface area contributed by atoms with Crippen LogP contribution < -0.4 is 0 Å². The average molecular weight is 214 g/mol. The van der Waals surface area contributed by atoms with Gasteiger partial charge in [-0.25, -0.2) is 0 Å². The molecular weight excluding hydrogens is 183 g/mol. The monoisotopic (exact) mass is 214 g/mol. The highest BCUT2D eigenvalue weighted by Gasteiger charge is 2.22. The molecule has 0 saturated carbocycles. The largest absolute Gasteiger partial charge is 0.187 e. The molecule has 0 nitrogen and oxygen atoms in total. The number of rotatable bonds is 8. The third-order valence-corrected chi connectivity index (χ3v) is 3.81. The lowest BCUT2D eigenvalue weighted by atomic mass is 9.75. The molecule has 0 aromatic carbocycles. The van der Waals surface area contributed by atoms with E-state index in [-0.39, 0.29) is 17.4 Å². The van der Waals surface area contributed by atoms with E-state index in [1.54, 1.807) is 0 Å². The Hall–Kier alpha value is 0.532. The molecule has 0 aromatic heterocycles. The molecule has 0 spiro atoms. The molecule has 86 valence electrons. The van der Waals surface area contributed by atoms with Crippen molar-refractivity contribution in [2.45, 2.75) is 79.1 Å². The van der Waals surface area contributed by atoms with Gasteiger partial charge >= 0.3 is 0 Å². The Kier molecular flexibility index (Phi) is 12.2. The van der Waals surface area contributed by atoms with Gasteiger partial charge in [-0.2, -0.15) is 0 Å². The van der Waals surface area contributed by atoms with Crippen molar-refractivity contribution >= 4 is 17.4 Å². The van der Waals surface area contributed by atoms with Gasteiger partial charge in [-0.3, -0.25) is 0 Å². The lowest BCUT2D eigenvalue weighted by Crippen LogP contribution is -2.17. The van der Waals surface area contributed by atoms with Gasteiger partial charge in [-0.05, 0) is 11.8 Å². The first-order valence-electron chi connectivity index (χ1n) is 6.24. The fourth-order valence-electron chi connectivity index (χ4n) is 2.21. The maximum absolute atomic E-state index is 2.35. The lowest BCUT2D eigenvalue weighted by molar-refractivity contribution is 0.220. The van der Waals surface area contributed by atoms with Crippen LogP contribution in [-0.4, -0.2) is 17.4 Å². The van der Waals surface area contributed by atoms with Gasteiger partial charge in [0.2, 0.25) is 0 Å². The number of hydrogen-bond acceptors (Lipinski definition) is 0. The van der Waals surface area contributed by atoms with Crippen molar-refractivity contribution in [1.82, 2.24) is 0 Å². The van der Waals surface area contributed by atoms with E-state index >= 15 is 0 Å². The molecule has 0 fully saturated rings. The fourth-order valence-corrected chi connectivity index (χ4v) is 2.21. The minimum Gasteiger partial charge on any atom is -0.0654 e. The van der Waals surface area contributed by atoms with E-state index in [1.165, 1.54) is 51.4 Å². The van der Waals surface area contributed by atoms with Crippen molar-refractivity contribution < 1.29 is 0 Å². The van der Waals surface area contributed by atoms with Crippen LogP contribution in [0.4, 0.5) is 0 Å². The van der Waals surface area contributed by atoms with Crippen LogP contribution in [-0.2, 0) is 0 Å². The molecule has 0 aromatic rings. The molecule has 0 radical (unpaired) electrons. The van der Waals surface area contributed by atoms with Gasteiger partial charge < -0.3 is 0 Å². The van der Waals surface area contributed by atoms with Gasteiger partial charge in [-0.15, -0.1) is 0 Å². The fraction of sp³-hybridized carbons (Fsp3) is 1.00. The Bertz CT molecular complexity index is 97.5. The summed E-state index contributed by atoms with van der Waals surface area (Å²) in [6.07, 6.45) is 11.2. The highest BCUT2D eigenvalue weighted by molar-refractivity contribution is 5.75. The van der Waals surface area contributed by atoms with Crippen molar-refractivity contribution in [2.75, 3.05) is 0 Å². The normalized spacial score (nSPS) is 11.1. The van der Waals surface area contributed by atoms with Crippen molar-refractivity contribution in [3.63, 3.8) is 0 Å². The quantitative estimate of drug-likeness (QED) is 0.423. The zero-order valence-corrected chi connectivity index (χ0v) is 10.2. The molecule has 14 heavy (non-hydrogen) atoms. The van der Waals surface area contributed by atoms with Crippen molar-refractivity contribution in [3.05, 3.63) is 0 Å². The molecule has 0 N–H and O–H groups in total. The summed E-state index contributed by atoms with van der Waals surface area (Å²) < 4.78 is 0. The van der Waals surface area contributed by atoms with Crippen LogP contribution in [0.5, 0.6) is 0 Å². The van der Waals surface area contributed by atoms with E-state index in [4.69, 9.17) is 0 Å². The highest BCUT2D eigenvalue weighted by atomic mass is 27.0. The molecule has 0 atom stereocenters. The van der Waals surface area contributed by atoms with Gasteiger partial charge in [0.15, 0.2) is 17.4 Å². The van der Waals surface area contributed by atoms with Gasteiger partial charge in [-0.1, -0.05) is 72.6 Å². The van der Waals surface area contributed by atoms with Crippen LogP contribution in [0.2, 0.25) is 0 Å². The van der Waals surface area contributed by atoms with Gasteiger partial charge in [0, 0.05) is 0 Å². The Labute approximate surface area is 102 Å². The van der Waals surface area contributed by atoms with Crippen LogP contribution in [0.1, 0.15) is 79.1 Å². The molecule has 0 amide bonds. The molecule has 0 saturated heterocycles. The van der Waals surface area contributed by atoms with E-state index < -0.39 is 0 Å². The molecule has 0 bridgehead atoms. The summed E-state index contributed by atoms with van der Waals surface area (Å²) in [5, 5.41) is 0. The SMILES string of the molecule is CCCCCCC(CC)(CC)CC.[AlH3]. The van der Waals surface area contributed by atoms with E-state index in [0.29, 0.717) is 5.41 Å². The second-order valence-electron chi connectivity index (χ2n) is 4.37. The Morgan fingerprint density at radius 2 is 1.21 bits per heavy atom. The van der Waals surface area contributed by atoms with Crippen LogP contribution in [0, 0.1) is 5.41 Å². The summed E-state index contributed by atoms with van der Waals surface area (Å²) in [5.74, 6) is 0. The number of hydrogen-bond donors (Lipinski definition) is 0. The Balaban J connectivity index is 0. The molecule has 0 aliphatic carbocycles. The molecule has 1 heteroatoms. The van der Waals surface area contributed by atoms with Crippen LogP contribution >= 0.6 is 0 Å². The third kappa shape index (κ3) is 6.10. The predicted octanol–water partition coefficient (Wildman–Crippen LogP) is 3.99. The summed E-state index contributed by atoms with van der Waals surface area (Å²) in [4.78, 5) is 0. The smallest absolute Gasteiger partial charge is 0.0654 e. The molecule has 0 aliphatic heterocycles. The van der Waals surface area contributed by atoms with E-state index in [1.807, 2.05) is 0 Å². The second-order valence-corrected chi connectivity index (χ2v) is 4.37. The first-order chi connectivity index (χ1) is 6.24. The minimum atomic E-state index is 0. The lowest BCUT2D eigenvalue weighted by Gasteiger charge is -2.30. The molecular formula is C13H31Al. The van der Waals surface area contributed by atoms with Crippen molar-refractivity contribution in [2.24, 2.45) is 5.41 Å².